The van der Waals surface area contributed by atoms with Crippen LogP contribution in [0.2, 0.25) is 0 Å². The van der Waals surface area contributed by atoms with Crippen LogP contribution in [0.1, 0.15) is 37.8 Å². The molecular weight excluding hydrogens is 325 g/mol. The number of nitrogens with zero attached hydrogens (tertiary/aromatic N) is 3. The Morgan fingerprint density at radius 1 is 1.36 bits per heavy atom. The SMILES string of the molecule is C/C(=N\OCCCCC(=O)O)C(Cc1ccc(F)cc1)n1ccnc1. The second-order valence-corrected chi connectivity index (χ2v) is 5.77. The number of rotatable bonds is 10. The fourth-order valence-electron chi connectivity index (χ4n) is 2.42. The minimum Gasteiger partial charge on any atom is -0.481 e. The lowest BCUT2D eigenvalue weighted by Gasteiger charge is -2.18. The van der Waals surface area contributed by atoms with E-state index in [-0.39, 0.29) is 18.3 Å². The maximum atomic E-state index is 13.1. The Balaban J connectivity index is 1.96. The third-order valence-corrected chi connectivity index (χ3v) is 3.79. The third-order valence-electron chi connectivity index (χ3n) is 3.79. The molecule has 0 saturated heterocycles. The molecule has 0 aliphatic carbocycles. The Hall–Kier alpha value is -2.70. The lowest BCUT2D eigenvalue weighted by molar-refractivity contribution is -0.137. The summed E-state index contributed by atoms with van der Waals surface area (Å²) in [6, 6.07) is 6.28. The number of aromatic nitrogens is 2. The van der Waals surface area contributed by atoms with E-state index in [0.29, 0.717) is 25.9 Å². The Kier molecular flexibility index (Phi) is 7.13. The van der Waals surface area contributed by atoms with E-state index >= 15 is 0 Å². The number of carbonyl (C=O) groups is 1. The second-order valence-electron chi connectivity index (χ2n) is 5.77. The Morgan fingerprint density at radius 3 is 2.76 bits per heavy atom. The van der Waals surface area contributed by atoms with Gasteiger partial charge in [-0.3, -0.25) is 4.79 Å². The number of unbranched alkanes of at least 4 members (excludes halogenated alkanes) is 1. The predicted octanol–water partition coefficient (Wildman–Crippen LogP) is 3.45. The van der Waals surface area contributed by atoms with Gasteiger partial charge in [-0.15, -0.1) is 0 Å². The third kappa shape index (κ3) is 6.37. The van der Waals surface area contributed by atoms with E-state index in [0.717, 1.165) is 11.3 Å². The van der Waals surface area contributed by atoms with Gasteiger partial charge < -0.3 is 14.5 Å². The minimum absolute atomic E-state index is 0.0908. The number of aliphatic carboxylic acids is 1. The number of hydrogen-bond donors (Lipinski definition) is 1. The van der Waals surface area contributed by atoms with Crippen LogP contribution >= 0.6 is 0 Å². The highest BCUT2D eigenvalue weighted by molar-refractivity contribution is 5.85. The highest BCUT2D eigenvalue weighted by atomic mass is 19.1. The molecule has 1 atom stereocenters. The van der Waals surface area contributed by atoms with Crippen molar-refractivity contribution in [2.24, 2.45) is 5.16 Å². The number of carboxylic acid groups (broad SMARTS) is 1. The smallest absolute Gasteiger partial charge is 0.303 e. The summed E-state index contributed by atoms with van der Waals surface area (Å²) >= 11 is 0. The molecule has 2 rings (SSSR count). The van der Waals surface area contributed by atoms with Gasteiger partial charge in [0.1, 0.15) is 12.4 Å². The average Bonchev–Trinajstić information content (AvgIpc) is 3.11. The van der Waals surface area contributed by atoms with Gasteiger partial charge in [0.05, 0.1) is 18.1 Å². The van der Waals surface area contributed by atoms with Crippen molar-refractivity contribution in [2.75, 3.05) is 6.61 Å². The molecule has 2 aromatic rings. The number of imidazole rings is 1. The van der Waals surface area contributed by atoms with Crippen molar-refractivity contribution in [3.8, 4) is 0 Å². The molecule has 0 radical (unpaired) electrons. The molecule has 1 heterocycles. The minimum atomic E-state index is -0.806. The zero-order valence-corrected chi connectivity index (χ0v) is 14.1. The van der Waals surface area contributed by atoms with Crippen LogP contribution in [0.5, 0.6) is 0 Å². The first-order valence-corrected chi connectivity index (χ1v) is 8.16. The van der Waals surface area contributed by atoms with Gasteiger partial charge >= 0.3 is 5.97 Å². The molecule has 1 aromatic carbocycles. The van der Waals surface area contributed by atoms with Gasteiger partial charge in [0.15, 0.2) is 0 Å². The summed E-state index contributed by atoms with van der Waals surface area (Å²) in [6.07, 6.45) is 7.21. The molecule has 0 aliphatic rings. The zero-order chi connectivity index (χ0) is 18.1. The van der Waals surface area contributed by atoms with Crippen molar-refractivity contribution in [1.82, 2.24) is 9.55 Å². The topological polar surface area (TPSA) is 76.7 Å². The molecule has 0 bridgehead atoms. The van der Waals surface area contributed by atoms with Crippen molar-refractivity contribution >= 4 is 11.7 Å². The first kappa shape index (κ1) is 18.6. The van der Waals surface area contributed by atoms with Crippen molar-refractivity contribution < 1.29 is 19.1 Å². The van der Waals surface area contributed by atoms with Gasteiger partial charge in [0, 0.05) is 18.8 Å². The van der Waals surface area contributed by atoms with Gasteiger partial charge in [-0.1, -0.05) is 17.3 Å². The molecule has 1 aromatic heterocycles. The molecule has 0 fully saturated rings. The molecule has 6 nitrogen and oxygen atoms in total. The van der Waals surface area contributed by atoms with Crippen LogP contribution in [0.15, 0.2) is 48.1 Å². The van der Waals surface area contributed by atoms with E-state index in [9.17, 15) is 9.18 Å². The number of hydrogen-bond acceptors (Lipinski definition) is 4. The van der Waals surface area contributed by atoms with E-state index in [2.05, 4.69) is 10.1 Å². The van der Waals surface area contributed by atoms with Crippen molar-refractivity contribution in [2.45, 2.75) is 38.6 Å². The summed E-state index contributed by atoms with van der Waals surface area (Å²) in [5, 5.41) is 12.8. The fourth-order valence-corrected chi connectivity index (χ4v) is 2.42. The van der Waals surface area contributed by atoms with Gasteiger partial charge in [-0.25, -0.2) is 9.37 Å². The highest BCUT2D eigenvalue weighted by Gasteiger charge is 2.16. The van der Waals surface area contributed by atoms with Gasteiger partial charge in [-0.05, 0) is 43.9 Å². The summed E-state index contributed by atoms with van der Waals surface area (Å²) in [4.78, 5) is 19.8. The quantitative estimate of drug-likeness (QED) is 0.406. The highest BCUT2D eigenvalue weighted by Crippen LogP contribution is 2.17. The molecule has 0 amide bonds. The van der Waals surface area contributed by atoms with Gasteiger partial charge in [0.25, 0.3) is 0 Å². The van der Waals surface area contributed by atoms with Crippen molar-refractivity contribution in [3.05, 3.63) is 54.4 Å². The normalized spacial score (nSPS) is 12.8. The molecule has 25 heavy (non-hydrogen) atoms. The van der Waals surface area contributed by atoms with E-state index in [1.165, 1.54) is 12.1 Å². The molecule has 134 valence electrons. The molecule has 0 spiro atoms. The molecule has 1 unspecified atom stereocenters. The first-order valence-electron chi connectivity index (χ1n) is 8.16. The second kappa shape index (κ2) is 9.56. The predicted molar refractivity (Wildman–Crippen MR) is 91.9 cm³/mol. The van der Waals surface area contributed by atoms with Crippen molar-refractivity contribution in [1.29, 1.82) is 0 Å². The average molecular weight is 347 g/mol. The van der Waals surface area contributed by atoms with Gasteiger partial charge in [0.2, 0.25) is 0 Å². The van der Waals surface area contributed by atoms with E-state index in [1.54, 1.807) is 24.7 Å². The monoisotopic (exact) mass is 347 g/mol. The lowest BCUT2D eigenvalue weighted by Crippen LogP contribution is -2.19. The number of oxime groups is 1. The maximum absolute atomic E-state index is 13.1. The lowest BCUT2D eigenvalue weighted by atomic mass is 10.0. The number of carboxylic acids is 1. The van der Waals surface area contributed by atoms with Crippen LogP contribution in [0.4, 0.5) is 4.39 Å². The molecule has 1 N–H and O–H groups in total. The first-order chi connectivity index (χ1) is 12.1. The van der Waals surface area contributed by atoms with Gasteiger partial charge in [-0.2, -0.15) is 0 Å². The fraction of sp³-hybridized carbons (Fsp3) is 0.389. The summed E-state index contributed by atoms with van der Waals surface area (Å²) in [5.41, 5.74) is 1.75. The van der Waals surface area contributed by atoms with E-state index in [1.807, 2.05) is 17.7 Å². The van der Waals surface area contributed by atoms with Crippen LogP contribution in [-0.2, 0) is 16.1 Å². The van der Waals surface area contributed by atoms with E-state index in [4.69, 9.17) is 9.94 Å². The molecule has 0 saturated carbocycles. The van der Waals surface area contributed by atoms with Crippen LogP contribution in [-0.4, -0.2) is 32.9 Å². The van der Waals surface area contributed by atoms with Crippen LogP contribution < -0.4 is 0 Å². The van der Waals surface area contributed by atoms with Crippen LogP contribution in [0.3, 0.4) is 0 Å². The van der Waals surface area contributed by atoms with Crippen LogP contribution in [0, 0.1) is 5.82 Å². The number of halogens is 1. The largest absolute Gasteiger partial charge is 0.481 e. The standard InChI is InChI=1S/C18H22FN3O3/c1-14(21-25-11-3-2-4-18(23)24)17(22-10-9-20-13-22)12-15-5-7-16(19)8-6-15/h5-10,13,17H,2-4,11-12H2,1H3,(H,23,24)/b21-14+. The summed E-state index contributed by atoms with van der Waals surface area (Å²) in [5.74, 6) is -1.07. The maximum Gasteiger partial charge on any atom is 0.303 e. The molecule has 0 aliphatic heterocycles. The van der Waals surface area contributed by atoms with E-state index < -0.39 is 5.97 Å². The van der Waals surface area contributed by atoms with Crippen molar-refractivity contribution in [3.63, 3.8) is 0 Å². The number of benzene rings is 1. The Labute approximate surface area is 145 Å². The summed E-state index contributed by atoms with van der Waals surface area (Å²) in [7, 11) is 0. The van der Waals surface area contributed by atoms with Crippen LogP contribution in [0.25, 0.3) is 0 Å². The summed E-state index contributed by atoms with van der Waals surface area (Å²) < 4.78 is 15.0. The Morgan fingerprint density at radius 2 is 2.12 bits per heavy atom. The summed E-state index contributed by atoms with van der Waals surface area (Å²) in [6.45, 7) is 2.24. The molecule has 7 heteroatoms. The zero-order valence-electron chi connectivity index (χ0n) is 14.1. The molecular formula is C18H22FN3O3. The Bertz CT molecular complexity index is 684.